The summed E-state index contributed by atoms with van der Waals surface area (Å²) in [5.41, 5.74) is 1.48. The van der Waals surface area contributed by atoms with Crippen LogP contribution in [0, 0.1) is 11.8 Å². The van der Waals surface area contributed by atoms with Gasteiger partial charge in [-0.2, -0.15) is 0 Å². The van der Waals surface area contributed by atoms with Crippen LogP contribution in [0.25, 0.3) is 0 Å². The van der Waals surface area contributed by atoms with Crippen molar-refractivity contribution < 1.29 is 14.6 Å². The summed E-state index contributed by atoms with van der Waals surface area (Å²) in [7, 11) is 0. The summed E-state index contributed by atoms with van der Waals surface area (Å²) in [6, 6.07) is 18.8. The van der Waals surface area contributed by atoms with Crippen LogP contribution in [0.15, 0.2) is 60.7 Å². The molecule has 2 aromatic carbocycles. The highest BCUT2D eigenvalue weighted by Gasteiger charge is 2.36. The number of esters is 1. The van der Waals surface area contributed by atoms with Crippen molar-refractivity contribution in [1.82, 2.24) is 0 Å². The Balaban J connectivity index is 1.86. The lowest BCUT2D eigenvalue weighted by Crippen LogP contribution is -2.34. The summed E-state index contributed by atoms with van der Waals surface area (Å²) >= 11 is 0. The van der Waals surface area contributed by atoms with Gasteiger partial charge in [0.05, 0.1) is 11.7 Å². The highest BCUT2D eigenvalue weighted by molar-refractivity contribution is 5.89. The number of carbonyl (C=O) groups is 1. The summed E-state index contributed by atoms with van der Waals surface area (Å²) in [6.07, 6.45) is 1.79. The second-order valence-electron chi connectivity index (χ2n) is 6.75. The molecule has 3 nitrogen and oxygen atoms in total. The van der Waals surface area contributed by atoms with Gasteiger partial charge in [-0.15, -0.1) is 0 Å². The first-order valence-corrected chi connectivity index (χ1v) is 8.64. The maximum absolute atomic E-state index is 12.6. The normalized spacial score (nSPS) is 25.0. The van der Waals surface area contributed by atoms with Crippen molar-refractivity contribution in [3.05, 3.63) is 71.8 Å². The van der Waals surface area contributed by atoms with E-state index in [4.69, 9.17) is 4.74 Å². The molecule has 0 radical (unpaired) electrons. The standard InChI is InChI=1S/C21H24O3/c1-15-12-13-19(22)18(14-15)20(16-8-4-2-5-9-16)24-21(23)17-10-6-3-7-11-17/h2-11,15,18-20,22H,12-14H2,1H3/t15-,18-,19-,20-/m1/s1. The van der Waals surface area contributed by atoms with Gasteiger partial charge in [0.15, 0.2) is 0 Å². The van der Waals surface area contributed by atoms with Gasteiger partial charge in [0.25, 0.3) is 0 Å². The summed E-state index contributed by atoms with van der Waals surface area (Å²) in [5, 5.41) is 10.5. The molecule has 0 heterocycles. The van der Waals surface area contributed by atoms with Crippen LogP contribution in [0.3, 0.4) is 0 Å². The lowest BCUT2D eigenvalue weighted by molar-refractivity contribution is -0.0438. The van der Waals surface area contributed by atoms with Crippen molar-refractivity contribution in [2.24, 2.45) is 11.8 Å². The summed E-state index contributed by atoms with van der Waals surface area (Å²) in [6.45, 7) is 2.19. The first-order chi connectivity index (χ1) is 11.6. The van der Waals surface area contributed by atoms with Crippen LogP contribution < -0.4 is 0 Å². The number of benzene rings is 2. The molecule has 3 rings (SSSR count). The van der Waals surface area contributed by atoms with Gasteiger partial charge < -0.3 is 9.84 Å². The van der Waals surface area contributed by atoms with Gasteiger partial charge in [-0.3, -0.25) is 0 Å². The van der Waals surface area contributed by atoms with Crippen LogP contribution in [-0.2, 0) is 4.74 Å². The predicted octanol–water partition coefficient (Wildman–Crippen LogP) is 4.38. The highest BCUT2D eigenvalue weighted by Crippen LogP contribution is 2.39. The maximum Gasteiger partial charge on any atom is 0.338 e. The van der Waals surface area contributed by atoms with Crippen LogP contribution in [0.1, 0.15) is 48.2 Å². The van der Waals surface area contributed by atoms with Gasteiger partial charge >= 0.3 is 5.97 Å². The van der Waals surface area contributed by atoms with E-state index in [0.29, 0.717) is 11.5 Å². The monoisotopic (exact) mass is 324 g/mol. The average Bonchev–Trinajstić information content (AvgIpc) is 2.63. The zero-order chi connectivity index (χ0) is 16.9. The van der Waals surface area contributed by atoms with E-state index in [2.05, 4.69) is 6.92 Å². The molecule has 1 saturated carbocycles. The fraction of sp³-hybridized carbons (Fsp3) is 0.381. The molecule has 4 atom stereocenters. The van der Waals surface area contributed by atoms with Crippen LogP contribution in [-0.4, -0.2) is 17.2 Å². The Morgan fingerprint density at radius 2 is 1.67 bits per heavy atom. The fourth-order valence-electron chi connectivity index (χ4n) is 3.54. The Hall–Kier alpha value is -2.13. The molecule has 1 fully saturated rings. The molecule has 0 bridgehead atoms. The number of hydrogen-bond acceptors (Lipinski definition) is 3. The van der Waals surface area contributed by atoms with Gasteiger partial charge in [0, 0.05) is 5.92 Å². The first-order valence-electron chi connectivity index (χ1n) is 8.64. The Morgan fingerprint density at radius 1 is 1.04 bits per heavy atom. The zero-order valence-electron chi connectivity index (χ0n) is 14.0. The second-order valence-corrected chi connectivity index (χ2v) is 6.75. The van der Waals surface area contributed by atoms with Crippen LogP contribution in [0.2, 0.25) is 0 Å². The zero-order valence-corrected chi connectivity index (χ0v) is 14.0. The van der Waals surface area contributed by atoms with E-state index >= 15 is 0 Å². The number of aliphatic hydroxyl groups is 1. The minimum absolute atomic E-state index is 0.0659. The highest BCUT2D eigenvalue weighted by atomic mass is 16.5. The van der Waals surface area contributed by atoms with E-state index in [0.717, 1.165) is 24.8 Å². The van der Waals surface area contributed by atoms with Gasteiger partial charge in [-0.25, -0.2) is 4.79 Å². The van der Waals surface area contributed by atoms with Crippen molar-refractivity contribution in [3.63, 3.8) is 0 Å². The minimum Gasteiger partial charge on any atom is -0.453 e. The van der Waals surface area contributed by atoms with E-state index in [-0.39, 0.29) is 11.9 Å². The summed E-state index contributed by atoms with van der Waals surface area (Å²) in [4.78, 5) is 12.6. The maximum atomic E-state index is 12.6. The van der Waals surface area contributed by atoms with Crippen molar-refractivity contribution in [3.8, 4) is 0 Å². The topological polar surface area (TPSA) is 46.5 Å². The fourth-order valence-corrected chi connectivity index (χ4v) is 3.54. The Labute approximate surface area is 143 Å². The number of hydrogen-bond donors (Lipinski definition) is 1. The van der Waals surface area contributed by atoms with Gasteiger partial charge in [0.1, 0.15) is 6.10 Å². The molecule has 1 aliphatic carbocycles. The van der Waals surface area contributed by atoms with E-state index in [9.17, 15) is 9.90 Å². The molecule has 0 aromatic heterocycles. The van der Waals surface area contributed by atoms with E-state index in [1.54, 1.807) is 12.1 Å². The van der Waals surface area contributed by atoms with Crippen LogP contribution in [0.5, 0.6) is 0 Å². The molecular formula is C21H24O3. The molecule has 0 aliphatic heterocycles. The van der Waals surface area contributed by atoms with Crippen molar-refractivity contribution in [1.29, 1.82) is 0 Å². The SMILES string of the molecule is C[C@@H]1CC[C@@H](O)[C@H]([C@H](OC(=O)c2ccccc2)c2ccccc2)C1. The van der Waals surface area contributed by atoms with Crippen molar-refractivity contribution in [2.45, 2.75) is 38.4 Å². The molecule has 0 amide bonds. The third-order valence-corrected chi connectivity index (χ3v) is 4.88. The Bertz CT molecular complexity index is 653. The van der Waals surface area contributed by atoms with Crippen LogP contribution in [0.4, 0.5) is 0 Å². The molecule has 24 heavy (non-hydrogen) atoms. The van der Waals surface area contributed by atoms with Crippen LogP contribution >= 0.6 is 0 Å². The largest absolute Gasteiger partial charge is 0.453 e. The van der Waals surface area contributed by atoms with Gasteiger partial charge in [-0.1, -0.05) is 55.5 Å². The Kier molecular flexibility index (Phi) is 5.31. The average molecular weight is 324 g/mol. The molecule has 126 valence electrons. The molecule has 0 saturated heterocycles. The summed E-state index contributed by atoms with van der Waals surface area (Å²) in [5.74, 6) is 0.124. The molecule has 0 unspecified atom stereocenters. The van der Waals surface area contributed by atoms with E-state index < -0.39 is 12.2 Å². The number of rotatable bonds is 4. The number of aliphatic hydroxyl groups excluding tert-OH is 1. The first kappa shape index (κ1) is 16.7. The van der Waals surface area contributed by atoms with Crippen molar-refractivity contribution in [2.75, 3.05) is 0 Å². The minimum atomic E-state index is -0.435. The molecule has 1 aliphatic rings. The lowest BCUT2D eigenvalue weighted by atomic mass is 9.76. The molecule has 0 spiro atoms. The smallest absolute Gasteiger partial charge is 0.338 e. The number of ether oxygens (including phenoxy) is 1. The molecule has 3 heteroatoms. The second kappa shape index (κ2) is 7.63. The third-order valence-electron chi connectivity index (χ3n) is 4.88. The summed E-state index contributed by atoms with van der Waals surface area (Å²) < 4.78 is 5.88. The van der Waals surface area contributed by atoms with E-state index in [1.807, 2.05) is 48.5 Å². The lowest BCUT2D eigenvalue weighted by Gasteiger charge is -2.36. The molecular weight excluding hydrogens is 300 g/mol. The third kappa shape index (κ3) is 3.85. The van der Waals surface area contributed by atoms with Gasteiger partial charge in [0.2, 0.25) is 0 Å². The molecule has 2 aromatic rings. The number of carbonyl (C=O) groups excluding carboxylic acids is 1. The molecule has 1 N–H and O–H groups in total. The Morgan fingerprint density at radius 3 is 2.33 bits per heavy atom. The predicted molar refractivity (Wildman–Crippen MR) is 93.6 cm³/mol. The van der Waals surface area contributed by atoms with E-state index in [1.165, 1.54) is 0 Å². The quantitative estimate of drug-likeness (QED) is 0.849. The van der Waals surface area contributed by atoms with Gasteiger partial charge in [-0.05, 0) is 42.9 Å². The van der Waals surface area contributed by atoms with Crippen molar-refractivity contribution >= 4 is 5.97 Å².